The number of amides is 2. The van der Waals surface area contributed by atoms with Gasteiger partial charge in [-0.3, -0.25) is 9.59 Å². The van der Waals surface area contributed by atoms with Gasteiger partial charge in [0.1, 0.15) is 11.8 Å². The molecule has 3 rings (SSSR count). The van der Waals surface area contributed by atoms with Crippen molar-refractivity contribution < 1.29 is 23.1 Å². The van der Waals surface area contributed by atoms with Gasteiger partial charge in [-0.15, -0.1) is 0 Å². The van der Waals surface area contributed by atoms with Crippen LogP contribution in [0, 0.1) is 5.92 Å². The van der Waals surface area contributed by atoms with Crippen LogP contribution in [-0.2, 0) is 29.1 Å². The van der Waals surface area contributed by atoms with E-state index in [2.05, 4.69) is 10.1 Å². The fourth-order valence-corrected chi connectivity index (χ4v) is 3.58. The molecule has 7 heteroatoms. The second-order valence-electron chi connectivity index (χ2n) is 7.85. The molecule has 0 radical (unpaired) electrons. The summed E-state index contributed by atoms with van der Waals surface area (Å²) in [6.45, 7) is 1.73. The summed E-state index contributed by atoms with van der Waals surface area (Å²) in [6.07, 6.45) is 0.852. The maximum absolute atomic E-state index is 13.0. The smallest absolute Gasteiger partial charge is 0.387 e. The van der Waals surface area contributed by atoms with Crippen molar-refractivity contribution in [3.05, 3.63) is 65.2 Å². The first-order chi connectivity index (χ1) is 14.3. The maximum atomic E-state index is 13.0. The van der Waals surface area contributed by atoms with Crippen LogP contribution >= 0.6 is 0 Å². The lowest BCUT2D eigenvalue weighted by atomic mass is 9.92. The van der Waals surface area contributed by atoms with E-state index in [-0.39, 0.29) is 30.0 Å². The van der Waals surface area contributed by atoms with Crippen LogP contribution in [0.5, 0.6) is 5.75 Å². The second-order valence-corrected chi connectivity index (χ2v) is 7.85. The van der Waals surface area contributed by atoms with Crippen molar-refractivity contribution >= 4 is 11.8 Å². The number of nitrogens with one attached hydrogen (secondary N) is 1. The first kappa shape index (κ1) is 21.7. The number of alkyl halides is 2. The monoisotopic (exact) mass is 416 g/mol. The molecule has 2 amide bonds. The van der Waals surface area contributed by atoms with Crippen LogP contribution in [0.1, 0.15) is 37.0 Å². The first-order valence-corrected chi connectivity index (χ1v) is 10.0. The quantitative estimate of drug-likeness (QED) is 0.745. The molecular formula is C23H26F2N2O3. The van der Waals surface area contributed by atoms with Gasteiger partial charge in [0.15, 0.2) is 0 Å². The number of halogens is 2. The largest absolute Gasteiger partial charge is 0.435 e. The van der Waals surface area contributed by atoms with Crippen molar-refractivity contribution in [3.8, 4) is 5.75 Å². The number of rotatable bonds is 7. The molecule has 0 bridgehead atoms. The van der Waals surface area contributed by atoms with Crippen LogP contribution in [0.3, 0.4) is 0 Å². The third-order valence-corrected chi connectivity index (χ3v) is 5.07. The van der Waals surface area contributed by atoms with E-state index >= 15 is 0 Å². The molecule has 160 valence electrons. The summed E-state index contributed by atoms with van der Waals surface area (Å²) in [5.74, 6) is 0.00412. The average Bonchev–Trinajstić information content (AvgIpc) is 2.71. The van der Waals surface area contributed by atoms with Gasteiger partial charge >= 0.3 is 6.61 Å². The summed E-state index contributed by atoms with van der Waals surface area (Å²) in [5.41, 5.74) is 2.88. The third kappa shape index (κ3) is 5.55. The Kier molecular flexibility index (Phi) is 7.03. The van der Waals surface area contributed by atoms with Crippen LogP contribution in [0.4, 0.5) is 8.78 Å². The van der Waals surface area contributed by atoms with Gasteiger partial charge < -0.3 is 15.0 Å². The van der Waals surface area contributed by atoms with E-state index in [1.54, 1.807) is 17.0 Å². The Bertz CT molecular complexity index is 884. The maximum Gasteiger partial charge on any atom is 0.387 e. The SMILES string of the molecule is CC(C)CC(=O)N1Cc2ccccc2CC1C(=O)NCc1ccc(OC(F)F)cc1. The van der Waals surface area contributed by atoms with Crippen molar-refractivity contribution in [2.45, 2.75) is 52.4 Å². The van der Waals surface area contributed by atoms with Crippen molar-refractivity contribution in [2.75, 3.05) is 0 Å². The molecule has 0 saturated carbocycles. The van der Waals surface area contributed by atoms with E-state index in [9.17, 15) is 18.4 Å². The van der Waals surface area contributed by atoms with E-state index in [4.69, 9.17) is 0 Å². The highest BCUT2D eigenvalue weighted by atomic mass is 19.3. The zero-order valence-electron chi connectivity index (χ0n) is 17.1. The molecule has 0 saturated heterocycles. The van der Waals surface area contributed by atoms with Crippen molar-refractivity contribution in [3.63, 3.8) is 0 Å². The third-order valence-electron chi connectivity index (χ3n) is 5.07. The van der Waals surface area contributed by atoms with Gasteiger partial charge in [-0.1, -0.05) is 50.2 Å². The van der Waals surface area contributed by atoms with Gasteiger partial charge in [-0.05, 0) is 34.7 Å². The van der Waals surface area contributed by atoms with Gasteiger partial charge in [0, 0.05) is 25.9 Å². The number of carbonyl (C=O) groups is 2. The molecule has 1 N–H and O–H groups in total. The van der Waals surface area contributed by atoms with Gasteiger partial charge in [-0.2, -0.15) is 8.78 Å². The minimum atomic E-state index is -2.88. The Labute approximate surface area is 175 Å². The van der Waals surface area contributed by atoms with Gasteiger partial charge in [-0.25, -0.2) is 0 Å². The zero-order chi connectivity index (χ0) is 21.7. The second kappa shape index (κ2) is 9.69. The molecule has 1 heterocycles. The summed E-state index contributed by atoms with van der Waals surface area (Å²) in [4.78, 5) is 27.4. The number of benzene rings is 2. The van der Waals surface area contributed by atoms with E-state index in [1.165, 1.54) is 12.1 Å². The van der Waals surface area contributed by atoms with Crippen LogP contribution in [0.15, 0.2) is 48.5 Å². The van der Waals surface area contributed by atoms with Crippen LogP contribution < -0.4 is 10.1 Å². The number of hydrogen-bond donors (Lipinski definition) is 1. The number of carbonyl (C=O) groups excluding carboxylic acids is 2. The van der Waals surface area contributed by atoms with Crippen molar-refractivity contribution in [1.82, 2.24) is 10.2 Å². The summed E-state index contributed by atoms with van der Waals surface area (Å²) >= 11 is 0. The molecule has 1 aliphatic rings. The predicted octanol–water partition coefficient (Wildman–Crippen LogP) is 3.90. The zero-order valence-corrected chi connectivity index (χ0v) is 17.1. The Balaban J connectivity index is 1.69. The summed E-state index contributed by atoms with van der Waals surface area (Å²) in [5, 5.41) is 2.88. The lowest BCUT2D eigenvalue weighted by molar-refractivity contribution is -0.142. The van der Waals surface area contributed by atoms with E-state index in [0.717, 1.165) is 16.7 Å². The first-order valence-electron chi connectivity index (χ1n) is 10.0. The Morgan fingerprint density at radius 1 is 1.10 bits per heavy atom. The minimum Gasteiger partial charge on any atom is -0.435 e. The number of ether oxygens (including phenoxy) is 1. The van der Waals surface area contributed by atoms with Gasteiger partial charge in [0.2, 0.25) is 11.8 Å². The molecule has 2 aromatic carbocycles. The molecule has 0 aliphatic carbocycles. The summed E-state index contributed by atoms with van der Waals surface area (Å²) < 4.78 is 28.8. The highest BCUT2D eigenvalue weighted by molar-refractivity contribution is 5.88. The van der Waals surface area contributed by atoms with Gasteiger partial charge in [0.25, 0.3) is 0 Å². The standard InChI is InChI=1S/C23H26F2N2O3/c1-15(2)11-21(28)27-14-18-6-4-3-5-17(18)12-20(27)22(29)26-13-16-7-9-19(10-8-16)30-23(24)25/h3-10,15,20,23H,11-14H2,1-2H3,(H,26,29). The minimum absolute atomic E-state index is 0.0341. The van der Waals surface area contributed by atoms with Crippen LogP contribution in [-0.4, -0.2) is 29.4 Å². The molecule has 2 aromatic rings. The fourth-order valence-electron chi connectivity index (χ4n) is 3.58. The average molecular weight is 416 g/mol. The van der Waals surface area contributed by atoms with Crippen LogP contribution in [0.2, 0.25) is 0 Å². The number of nitrogens with zero attached hydrogens (tertiary/aromatic N) is 1. The molecule has 30 heavy (non-hydrogen) atoms. The molecule has 5 nitrogen and oxygen atoms in total. The van der Waals surface area contributed by atoms with Crippen LogP contribution in [0.25, 0.3) is 0 Å². The van der Waals surface area contributed by atoms with E-state index in [1.807, 2.05) is 38.1 Å². The molecule has 0 fully saturated rings. The molecule has 1 aliphatic heterocycles. The normalized spacial score (nSPS) is 15.8. The van der Waals surface area contributed by atoms with E-state index < -0.39 is 12.7 Å². The number of fused-ring (bicyclic) bond motifs is 1. The lowest BCUT2D eigenvalue weighted by Gasteiger charge is -2.36. The van der Waals surface area contributed by atoms with Crippen molar-refractivity contribution in [2.24, 2.45) is 5.92 Å². The molecule has 0 spiro atoms. The molecule has 0 aromatic heterocycles. The highest BCUT2D eigenvalue weighted by Gasteiger charge is 2.34. The van der Waals surface area contributed by atoms with E-state index in [0.29, 0.717) is 19.4 Å². The summed E-state index contributed by atoms with van der Waals surface area (Å²) in [6, 6.07) is 13.4. The topological polar surface area (TPSA) is 58.6 Å². The summed E-state index contributed by atoms with van der Waals surface area (Å²) in [7, 11) is 0. The Hall–Kier alpha value is -2.96. The molecule has 1 unspecified atom stereocenters. The lowest BCUT2D eigenvalue weighted by Crippen LogP contribution is -2.52. The molecule has 1 atom stereocenters. The Morgan fingerprint density at radius 2 is 1.77 bits per heavy atom. The van der Waals surface area contributed by atoms with Gasteiger partial charge in [0.05, 0.1) is 0 Å². The predicted molar refractivity (Wildman–Crippen MR) is 109 cm³/mol. The highest BCUT2D eigenvalue weighted by Crippen LogP contribution is 2.25. The number of hydrogen-bond acceptors (Lipinski definition) is 3. The fraction of sp³-hybridized carbons (Fsp3) is 0.391. The molecular weight excluding hydrogens is 390 g/mol. The Morgan fingerprint density at radius 3 is 2.40 bits per heavy atom. The van der Waals surface area contributed by atoms with Crippen molar-refractivity contribution in [1.29, 1.82) is 0 Å².